The lowest BCUT2D eigenvalue weighted by molar-refractivity contribution is -0.121. The maximum atomic E-state index is 11.3. The van der Waals surface area contributed by atoms with Gasteiger partial charge in [0.1, 0.15) is 0 Å². The van der Waals surface area contributed by atoms with Crippen LogP contribution in [-0.2, 0) is 4.79 Å². The van der Waals surface area contributed by atoms with E-state index in [2.05, 4.69) is 4.99 Å². The highest BCUT2D eigenvalue weighted by atomic mass is 16.1. The number of carbonyl (C=O) groups excluding carboxylic acids is 1. The molecule has 1 rings (SSSR count). The zero-order valence-electron chi connectivity index (χ0n) is 7.79. The Morgan fingerprint density at radius 3 is 2.50 bits per heavy atom. The number of carbonyl (C=O) groups is 1. The van der Waals surface area contributed by atoms with E-state index >= 15 is 0 Å². The van der Waals surface area contributed by atoms with Gasteiger partial charge in [0.05, 0.1) is 6.34 Å². The van der Waals surface area contributed by atoms with Gasteiger partial charge in [-0.05, 0) is 12.8 Å². The van der Waals surface area contributed by atoms with Gasteiger partial charge in [0.2, 0.25) is 5.91 Å². The molecule has 0 aromatic heterocycles. The molecule has 0 aliphatic heterocycles. The minimum Gasteiger partial charge on any atom is -0.369 e. The van der Waals surface area contributed by atoms with Gasteiger partial charge < -0.3 is 4.90 Å². The van der Waals surface area contributed by atoms with E-state index in [4.69, 9.17) is 0 Å². The first-order valence-electron chi connectivity index (χ1n) is 4.44. The van der Waals surface area contributed by atoms with Crippen LogP contribution >= 0.6 is 0 Å². The lowest BCUT2D eigenvalue weighted by Gasteiger charge is -2.04. The summed E-state index contributed by atoms with van der Waals surface area (Å²) >= 11 is 0. The maximum Gasteiger partial charge on any atom is 0.250 e. The Morgan fingerprint density at radius 2 is 2.00 bits per heavy atom. The molecule has 0 spiro atoms. The van der Waals surface area contributed by atoms with Crippen molar-refractivity contribution < 1.29 is 4.79 Å². The van der Waals surface area contributed by atoms with Crippen LogP contribution in [0.1, 0.15) is 25.7 Å². The number of rotatable bonds is 2. The molecular formula is C9H16N2O. The van der Waals surface area contributed by atoms with Crippen molar-refractivity contribution in [2.75, 3.05) is 14.1 Å². The summed E-state index contributed by atoms with van der Waals surface area (Å²) in [6.45, 7) is 0. The zero-order valence-corrected chi connectivity index (χ0v) is 7.79. The molecule has 1 saturated carbocycles. The average Bonchev–Trinajstić information content (AvgIpc) is 2.51. The van der Waals surface area contributed by atoms with Crippen molar-refractivity contribution in [1.29, 1.82) is 0 Å². The quantitative estimate of drug-likeness (QED) is 0.460. The predicted octanol–water partition coefficient (Wildman–Crippen LogP) is 1.29. The van der Waals surface area contributed by atoms with E-state index in [0.29, 0.717) is 0 Å². The molecule has 0 heterocycles. The minimum absolute atomic E-state index is 0.0567. The van der Waals surface area contributed by atoms with Crippen molar-refractivity contribution >= 4 is 12.2 Å². The summed E-state index contributed by atoms with van der Waals surface area (Å²) in [5, 5.41) is 0. The second-order valence-corrected chi connectivity index (χ2v) is 3.53. The topological polar surface area (TPSA) is 32.7 Å². The summed E-state index contributed by atoms with van der Waals surface area (Å²) in [5.41, 5.74) is 0. The first-order chi connectivity index (χ1) is 5.70. The van der Waals surface area contributed by atoms with E-state index in [1.807, 2.05) is 14.1 Å². The zero-order chi connectivity index (χ0) is 8.97. The Morgan fingerprint density at radius 1 is 1.42 bits per heavy atom. The number of aliphatic imine (C=N–C) groups is 1. The van der Waals surface area contributed by atoms with Gasteiger partial charge in [-0.25, -0.2) is 4.99 Å². The average molecular weight is 168 g/mol. The van der Waals surface area contributed by atoms with Crippen molar-refractivity contribution in [3.8, 4) is 0 Å². The van der Waals surface area contributed by atoms with Crippen LogP contribution in [0.4, 0.5) is 0 Å². The Kier molecular flexibility index (Phi) is 3.26. The van der Waals surface area contributed by atoms with Crippen molar-refractivity contribution in [3.05, 3.63) is 0 Å². The molecular weight excluding hydrogens is 152 g/mol. The number of hydrogen-bond donors (Lipinski definition) is 0. The van der Waals surface area contributed by atoms with Gasteiger partial charge >= 0.3 is 0 Å². The van der Waals surface area contributed by atoms with Crippen molar-refractivity contribution in [3.63, 3.8) is 0 Å². The molecule has 3 nitrogen and oxygen atoms in total. The van der Waals surface area contributed by atoms with Gasteiger partial charge in [-0.1, -0.05) is 12.8 Å². The highest BCUT2D eigenvalue weighted by Crippen LogP contribution is 2.25. The summed E-state index contributed by atoms with van der Waals surface area (Å²) in [6.07, 6.45) is 6.02. The van der Waals surface area contributed by atoms with Gasteiger partial charge in [-0.3, -0.25) is 4.79 Å². The molecule has 0 atom stereocenters. The summed E-state index contributed by atoms with van der Waals surface area (Å²) < 4.78 is 0. The summed E-state index contributed by atoms with van der Waals surface area (Å²) in [6, 6.07) is 0. The normalized spacial score (nSPS) is 18.8. The molecule has 0 unspecified atom stereocenters. The van der Waals surface area contributed by atoms with E-state index in [-0.39, 0.29) is 11.8 Å². The SMILES string of the molecule is CN(C)/C=N/C(=O)C1CCCC1. The Hall–Kier alpha value is -0.860. The third kappa shape index (κ3) is 2.64. The van der Waals surface area contributed by atoms with Gasteiger partial charge in [0.15, 0.2) is 0 Å². The molecule has 0 bridgehead atoms. The number of amides is 1. The lowest BCUT2D eigenvalue weighted by Crippen LogP contribution is -2.13. The van der Waals surface area contributed by atoms with E-state index in [0.717, 1.165) is 12.8 Å². The minimum atomic E-state index is 0.0567. The first kappa shape index (κ1) is 9.23. The van der Waals surface area contributed by atoms with Crippen LogP contribution < -0.4 is 0 Å². The molecule has 0 N–H and O–H groups in total. The molecule has 0 radical (unpaired) electrons. The smallest absolute Gasteiger partial charge is 0.250 e. The van der Waals surface area contributed by atoms with Crippen LogP contribution in [0.15, 0.2) is 4.99 Å². The number of hydrogen-bond acceptors (Lipinski definition) is 1. The number of nitrogens with zero attached hydrogens (tertiary/aromatic N) is 2. The van der Waals surface area contributed by atoms with Crippen LogP contribution in [0.25, 0.3) is 0 Å². The molecule has 68 valence electrons. The van der Waals surface area contributed by atoms with E-state index < -0.39 is 0 Å². The second-order valence-electron chi connectivity index (χ2n) is 3.53. The summed E-state index contributed by atoms with van der Waals surface area (Å²) in [5.74, 6) is 0.266. The largest absolute Gasteiger partial charge is 0.369 e. The third-order valence-corrected chi connectivity index (χ3v) is 2.12. The van der Waals surface area contributed by atoms with Gasteiger partial charge in [0.25, 0.3) is 0 Å². The highest BCUT2D eigenvalue weighted by Gasteiger charge is 2.21. The predicted molar refractivity (Wildman–Crippen MR) is 49.1 cm³/mol. The summed E-state index contributed by atoms with van der Waals surface area (Å²) in [4.78, 5) is 17.0. The van der Waals surface area contributed by atoms with Gasteiger partial charge in [-0.2, -0.15) is 0 Å². The molecule has 1 aliphatic carbocycles. The fraction of sp³-hybridized carbons (Fsp3) is 0.778. The Bertz CT molecular complexity index is 181. The summed E-state index contributed by atoms with van der Waals surface area (Å²) in [7, 11) is 3.73. The fourth-order valence-corrected chi connectivity index (χ4v) is 1.45. The molecule has 1 amide bonds. The molecule has 1 fully saturated rings. The van der Waals surface area contributed by atoms with Crippen molar-refractivity contribution in [2.24, 2.45) is 10.9 Å². The standard InChI is InChI=1S/C9H16N2O/c1-11(2)7-10-9(12)8-5-3-4-6-8/h7-8H,3-6H2,1-2H3/b10-7+. The molecule has 0 saturated heterocycles. The monoisotopic (exact) mass is 168 g/mol. The van der Waals surface area contributed by atoms with E-state index in [1.165, 1.54) is 12.8 Å². The molecule has 0 aromatic rings. The van der Waals surface area contributed by atoms with Crippen molar-refractivity contribution in [1.82, 2.24) is 4.90 Å². The van der Waals surface area contributed by atoms with Crippen LogP contribution in [0, 0.1) is 5.92 Å². The Labute approximate surface area is 73.5 Å². The molecule has 1 aliphatic rings. The third-order valence-electron chi connectivity index (χ3n) is 2.12. The molecule has 12 heavy (non-hydrogen) atoms. The first-order valence-corrected chi connectivity index (χ1v) is 4.44. The fourth-order valence-electron chi connectivity index (χ4n) is 1.45. The van der Waals surface area contributed by atoms with E-state index in [9.17, 15) is 4.79 Å². The van der Waals surface area contributed by atoms with Crippen LogP contribution in [0.5, 0.6) is 0 Å². The Balaban J connectivity index is 2.36. The van der Waals surface area contributed by atoms with Crippen molar-refractivity contribution in [2.45, 2.75) is 25.7 Å². The molecule has 0 aromatic carbocycles. The van der Waals surface area contributed by atoms with Crippen LogP contribution in [0.2, 0.25) is 0 Å². The maximum absolute atomic E-state index is 11.3. The van der Waals surface area contributed by atoms with Gasteiger partial charge in [-0.15, -0.1) is 0 Å². The molecule has 3 heteroatoms. The van der Waals surface area contributed by atoms with Crippen LogP contribution in [0.3, 0.4) is 0 Å². The second kappa shape index (κ2) is 4.24. The van der Waals surface area contributed by atoms with Gasteiger partial charge in [0, 0.05) is 20.0 Å². The van der Waals surface area contributed by atoms with E-state index in [1.54, 1.807) is 11.2 Å². The highest BCUT2D eigenvalue weighted by molar-refractivity contribution is 5.86. The van der Waals surface area contributed by atoms with Crippen LogP contribution in [-0.4, -0.2) is 31.2 Å². The lowest BCUT2D eigenvalue weighted by atomic mass is 10.1.